The van der Waals surface area contributed by atoms with Crippen LogP contribution in [0.2, 0.25) is 0 Å². The average Bonchev–Trinajstić information content (AvgIpc) is 2.83. The minimum atomic E-state index is -0.605. The molecule has 98 valence electrons. The Morgan fingerprint density at radius 1 is 1.58 bits per heavy atom. The predicted molar refractivity (Wildman–Crippen MR) is 65.3 cm³/mol. The summed E-state index contributed by atoms with van der Waals surface area (Å²) in [4.78, 5) is 18.1. The Morgan fingerprint density at radius 3 is 2.84 bits per heavy atom. The van der Waals surface area contributed by atoms with E-state index in [1.54, 1.807) is 23.9 Å². The third-order valence-electron chi connectivity index (χ3n) is 2.50. The van der Waals surface area contributed by atoms with Crippen molar-refractivity contribution in [3.8, 4) is 5.82 Å². The monoisotopic (exact) mass is 262 g/mol. The zero-order valence-corrected chi connectivity index (χ0v) is 9.89. The largest absolute Gasteiger partial charge is 0.409 e. The molecule has 3 N–H and O–H groups in total. The summed E-state index contributed by atoms with van der Waals surface area (Å²) in [5.41, 5.74) is 5.43. The summed E-state index contributed by atoms with van der Waals surface area (Å²) < 4.78 is 1.58. The van der Waals surface area contributed by atoms with Gasteiger partial charge in [-0.15, -0.1) is 0 Å². The number of oxime groups is 1. The van der Waals surface area contributed by atoms with Crippen LogP contribution < -0.4 is 5.73 Å². The summed E-state index contributed by atoms with van der Waals surface area (Å²) in [5.74, 6) is 0.656. The van der Waals surface area contributed by atoms with Crippen molar-refractivity contribution < 1.29 is 10.1 Å². The molecule has 19 heavy (non-hydrogen) atoms. The second-order valence-corrected chi connectivity index (χ2v) is 3.65. The van der Waals surface area contributed by atoms with Gasteiger partial charge < -0.3 is 10.9 Å². The molecular formula is C10H10N6O3. The Bertz CT molecular complexity index is 663. The van der Waals surface area contributed by atoms with Gasteiger partial charge in [-0.05, 0) is 6.92 Å². The van der Waals surface area contributed by atoms with Crippen LogP contribution in [0.25, 0.3) is 5.82 Å². The molecule has 2 aromatic rings. The van der Waals surface area contributed by atoms with Gasteiger partial charge in [0.2, 0.25) is 0 Å². The Kier molecular flexibility index (Phi) is 3.10. The van der Waals surface area contributed by atoms with E-state index < -0.39 is 4.92 Å². The Balaban J connectivity index is 2.68. The highest BCUT2D eigenvalue weighted by atomic mass is 16.6. The highest BCUT2D eigenvalue weighted by molar-refractivity contribution is 6.00. The molecule has 2 aromatic heterocycles. The van der Waals surface area contributed by atoms with Crippen molar-refractivity contribution in [2.45, 2.75) is 6.92 Å². The first kappa shape index (κ1) is 12.5. The maximum atomic E-state index is 10.7. The number of hydrogen-bond acceptors (Lipinski definition) is 6. The zero-order chi connectivity index (χ0) is 14.0. The van der Waals surface area contributed by atoms with Crippen LogP contribution in [0.15, 0.2) is 29.8 Å². The lowest BCUT2D eigenvalue weighted by Gasteiger charge is -2.09. The molecule has 2 heterocycles. The molecule has 0 saturated heterocycles. The van der Waals surface area contributed by atoms with Crippen molar-refractivity contribution in [3.05, 3.63) is 46.2 Å². The molecule has 0 bridgehead atoms. The van der Waals surface area contributed by atoms with Crippen molar-refractivity contribution in [3.63, 3.8) is 0 Å². The maximum Gasteiger partial charge on any atom is 0.288 e. The molecule has 0 atom stereocenters. The molecule has 0 fully saturated rings. The fourth-order valence-corrected chi connectivity index (χ4v) is 1.58. The van der Waals surface area contributed by atoms with Gasteiger partial charge in [-0.3, -0.25) is 14.7 Å². The van der Waals surface area contributed by atoms with Crippen LogP contribution in [-0.4, -0.2) is 30.5 Å². The predicted octanol–water partition coefficient (Wildman–Crippen LogP) is 0.578. The molecule has 0 saturated carbocycles. The molecule has 0 radical (unpaired) electrons. The molecule has 0 aliphatic heterocycles. The molecule has 9 nitrogen and oxygen atoms in total. The standard InChI is InChI=1S/C10H10N6O3/c1-6-12-2-3-15(6)10-8(9(11)14-17)4-7(5-13-10)16(18)19/h2-5,17H,1H3,(H2,11,14). The molecular weight excluding hydrogens is 252 g/mol. The third-order valence-corrected chi connectivity index (χ3v) is 2.50. The topological polar surface area (TPSA) is 132 Å². The lowest BCUT2D eigenvalue weighted by Crippen LogP contribution is -2.18. The first-order valence-corrected chi connectivity index (χ1v) is 5.17. The maximum absolute atomic E-state index is 10.7. The number of amidine groups is 1. The normalized spacial score (nSPS) is 11.5. The molecule has 0 aromatic carbocycles. The number of pyridine rings is 1. The Hall–Kier alpha value is -2.97. The number of nitro groups is 1. The van der Waals surface area contributed by atoms with Gasteiger partial charge in [0.15, 0.2) is 5.84 Å². The highest BCUT2D eigenvalue weighted by Gasteiger charge is 2.17. The van der Waals surface area contributed by atoms with Crippen LogP contribution in [0, 0.1) is 17.0 Å². The van der Waals surface area contributed by atoms with Gasteiger partial charge in [0.1, 0.15) is 17.8 Å². The van der Waals surface area contributed by atoms with E-state index in [1.807, 2.05) is 0 Å². The minimum absolute atomic E-state index is 0.151. The average molecular weight is 262 g/mol. The number of nitrogens with two attached hydrogens (primary N) is 1. The van der Waals surface area contributed by atoms with Crippen LogP contribution >= 0.6 is 0 Å². The van der Waals surface area contributed by atoms with Crippen LogP contribution in [-0.2, 0) is 0 Å². The summed E-state index contributed by atoms with van der Waals surface area (Å²) in [6.07, 6.45) is 4.27. The van der Waals surface area contributed by atoms with Crippen LogP contribution in [0.3, 0.4) is 0 Å². The van der Waals surface area contributed by atoms with Gasteiger partial charge in [-0.25, -0.2) is 9.97 Å². The Labute approximate surface area is 107 Å². The van der Waals surface area contributed by atoms with Crippen LogP contribution in [0.4, 0.5) is 5.69 Å². The van der Waals surface area contributed by atoms with Gasteiger partial charge in [0.25, 0.3) is 5.69 Å². The minimum Gasteiger partial charge on any atom is -0.409 e. The second kappa shape index (κ2) is 4.72. The van der Waals surface area contributed by atoms with Gasteiger partial charge in [0.05, 0.1) is 10.5 Å². The van der Waals surface area contributed by atoms with Crippen molar-refractivity contribution >= 4 is 11.5 Å². The number of nitrogens with zero attached hydrogens (tertiary/aromatic N) is 5. The van der Waals surface area contributed by atoms with Gasteiger partial charge in [-0.1, -0.05) is 5.16 Å². The SMILES string of the molecule is Cc1nccn1-c1ncc([N+](=O)[O-])cc1C(N)=NO. The van der Waals surface area contributed by atoms with E-state index in [0.29, 0.717) is 11.6 Å². The van der Waals surface area contributed by atoms with E-state index in [9.17, 15) is 10.1 Å². The molecule has 0 spiro atoms. The number of aromatic nitrogens is 3. The first-order chi connectivity index (χ1) is 9.04. The van der Waals surface area contributed by atoms with E-state index in [2.05, 4.69) is 15.1 Å². The summed E-state index contributed by atoms with van der Waals surface area (Å²) in [6.45, 7) is 1.74. The number of rotatable bonds is 3. The lowest BCUT2D eigenvalue weighted by molar-refractivity contribution is -0.385. The van der Waals surface area contributed by atoms with E-state index in [1.165, 1.54) is 6.07 Å². The van der Waals surface area contributed by atoms with Crippen molar-refractivity contribution in [1.82, 2.24) is 14.5 Å². The Morgan fingerprint density at radius 2 is 2.32 bits per heavy atom. The van der Waals surface area contributed by atoms with E-state index in [-0.39, 0.29) is 17.1 Å². The zero-order valence-electron chi connectivity index (χ0n) is 9.89. The summed E-state index contributed by atoms with van der Waals surface area (Å²) in [6, 6.07) is 1.19. The lowest BCUT2D eigenvalue weighted by atomic mass is 10.2. The van der Waals surface area contributed by atoms with E-state index in [0.717, 1.165) is 6.20 Å². The smallest absolute Gasteiger partial charge is 0.288 e. The summed E-state index contributed by atoms with van der Waals surface area (Å²) >= 11 is 0. The van der Waals surface area contributed by atoms with Crippen molar-refractivity contribution in [2.75, 3.05) is 0 Å². The third kappa shape index (κ3) is 2.20. The molecule has 2 rings (SSSR count). The fraction of sp³-hybridized carbons (Fsp3) is 0.100. The molecule has 0 unspecified atom stereocenters. The van der Waals surface area contributed by atoms with Crippen LogP contribution in [0.5, 0.6) is 0 Å². The van der Waals surface area contributed by atoms with Crippen molar-refractivity contribution in [1.29, 1.82) is 0 Å². The molecule has 0 aliphatic rings. The summed E-state index contributed by atoms with van der Waals surface area (Å²) in [5, 5.41) is 22.3. The van der Waals surface area contributed by atoms with E-state index in [4.69, 9.17) is 10.9 Å². The first-order valence-electron chi connectivity index (χ1n) is 5.17. The van der Waals surface area contributed by atoms with Gasteiger partial charge in [-0.2, -0.15) is 0 Å². The second-order valence-electron chi connectivity index (χ2n) is 3.65. The van der Waals surface area contributed by atoms with Crippen molar-refractivity contribution in [2.24, 2.45) is 10.9 Å². The number of aryl methyl sites for hydroxylation is 1. The van der Waals surface area contributed by atoms with Gasteiger partial charge >= 0.3 is 0 Å². The number of imidazole rings is 1. The van der Waals surface area contributed by atoms with Crippen LogP contribution in [0.1, 0.15) is 11.4 Å². The highest BCUT2D eigenvalue weighted by Crippen LogP contribution is 2.19. The summed E-state index contributed by atoms with van der Waals surface area (Å²) in [7, 11) is 0. The molecule has 9 heteroatoms. The van der Waals surface area contributed by atoms with E-state index >= 15 is 0 Å². The molecule has 0 amide bonds. The van der Waals surface area contributed by atoms with Gasteiger partial charge in [0, 0.05) is 18.5 Å². The molecule has 0 aliphatic carbocycles. The number of hydrogen-bond donors (Lipinski definition) is 2. The quantitative estimate of drug-likeness (QED) is 0.273. The fourth-order valence-electron chi connectivity index (χ4n) is 1.58.